The molecule has 1 aromatic carbocycles. The quantitative estimate of drug-likeness (QED) is 0.742. The van der Waals surface area contributed by atoms with Crippen LogP contribution in [0.2, 0.25) is 0 Å². The molecule has 1 aromatic heterocycles. The highest BCUT2D eigenvalue weighted by Gasteiger charge is 2.04. The third-order valence-electron chi connectivity index (χ3n) is 2.89. The van der Waals surface area contributed by atoms with E-state index in [0.29, 0.717) is 0 Å². The summed E-state index contributed by atoms with van der Waals surface area (Å²) in [4.78, 5) is 3.41. The van der Waals surface area contributed by atoms with Crippen LogP contribution in [-0.2, 0) is 0 Å². The van der Waals surface area contributed by atoms with E-state index in [1.165, 1.54) is 27.7 Å². The molecule has 2 aromatic rings. The van der Waals surface area contributed by atoms with Gasteiger partial charge in [-0.3, -0.25) is 0 Å². The van der Waals surface area contributed by atoms with Gasteiger partial charge in [0.05, 0.1) is 0 Å². The van der Waals surface area contributed by atoms with E-state index < -0.39 is 0 Å². The van der Waals surface area contributed by atoms with E-state index in [4.69, 9.17) is 0 Å². The van der Waals surface area contributed by atoms with Crippen LogP contribution in [0.1, 0.15) is 31.5 Å². The van der Waals surface area contributed by atoms with Gasteiger partial charge in [0.2, 0.25) is 0 Å². The molecule has 78 valence electrons. The summed E-state index contributed by atoms with van der Waals surface area (Å²) in [6.07, 6.45) is 3.40. The molecule has 0 radical (unpaired) electrons. The standard InChI is InChI=1S/C14H17N/c1-4-10(2)9-13-11(3)15-14-8-6-5-7-12(13)14/h5-9,15H,4H2,1-3H3/b10-9-. The molecule has 0 aliphatic heterocycles. The summed E-state index contributed by atoms with van der Waals surface area (Å²) in [6.45, 7) is 6.51. The van der Waals surface area contributed by atoms with Crippen molar-refractivity contribution in [2.24, 2.45) is 0 Å². The Bertz CT molecular complexity index is 503. The predicted octanol–water partition coefficient (Wildman–Crippen LogP) is 4.29. The van der Waals surface area contributed by atoms with Gasteiger partial charge in [0, 0.05) is 22.2 Å². The lowest BCUT2D eigenvalue weighted by atomic mass is 10.1. The van der Waals surface area contributed by atoms with Crippen molar-refractivity contribution in [2.75, 3.05) is 0 Å². The lowest BCUT2D eigenvalue weighted by molar-refractivity contribution is 1.11. The van der Waals surface area contributed by atoms with Gasteiger partial charge in [0.1, 0.15) is 0 Å². The van der Waals surface area contributed by atoms with E-state index in [0.717, 1.165) is 6.42 Å². The zero-order valence-electron chi connectivity index (χ0n) is 9.59. The number of rotatable bonds is 2. The Labute approximate surface area is 90.8 Å². The second kappa shape index (κ2) is 3.93. The average Bonchev–Trinajstić information content (AvgIpc) is 2.55. The number of aryl methyl sites for hydroxylation is 1. The maximum atomic E-state index is 3.41. The molecule has 0 bridgehead atoms. The molecule has 0 spiro atoms. The Kier molecular flexibility index (Phi) is 2.63. The highest BCUT2D eigenvalue weighted by atomic mass is 14.7. The highest BCUT2D eigenvalue weighted by Crippen LogP contribution is 2.24. The van der Waals surface area contributed by atoms with Crippen molar-refractivity contribution < 1.29 is 0 Å². The molecule has 0 unspecified atom stereocenters. The first-order valence-corrected chi connectivity index (χ1v) is 5.47. The van der Waals surface area contributed by atoms with Crippen LogP contribution in [-0.4, -0.2) is 4.98 Å². The summed E-state index contributed by atoms with van der Waals surface area (Å²) < 4.78 is 0. The SMILES string of the molecule is CC/C(C)=C\c1c(C)[nH]c2ccccc12. The molecule has 0 saturated heterocycles. The third kappa shape index (κ3) is 1.82. The number of H-pyrrole nitrogens is 1. The molecule has 0 amide bonds. The summed E-state index contributed by atoms with van der Waals surface area (Å²) in [7, 11) is 0. The van der Waals surface area contributed by atoms with Crippen molar-refractivity contribution in [3.63, 3.8) is 0 Å². The molecule has 15 heavy (non-hydrogen) atoms. The first-order chi connectivity index (χ1) is 7.22. The van der Waals surface area contributed by atoms with Gasteiger partial charge in [-0.1, -0.05) is 36.8 Å². The van der Waals surface area contributed by atoms with E-state index in [2.05, 4.69) is 56.1 Å². The molecule has 1 nitrogen and oxygen atoms in total. The number of aromatic amines is 1. The van der Waals surface area contributed by atoms with Crippen LogP contribution in [0.4, 0.5) is 0 Å². The van der Waals surface area contributed by atoms with Gasteiger partial charge in [0.15, 0.2) is 0 Å². The molecular formula is C14H17N. The number of fused-ring (bicyclic) bond motifs is 1. The van der Waals surface area contributed by atoms with Gasteiger partial charge in [-0.25, -0.2) is 0 Å². The Morgan fingerprint density at radius 2 is 2.07 bits per heavy atom. The van der Waals surface area contributed by atoms with E-state index in [1.54, 1.807) is 0 Å². The smallest absolute Gasteiger partial charge is 0.0462 e. The molecule has 1 heterocycles. The Morgan fingerprint density at radius 3 is 2.80 bits per heavy atom. The molecular weight excluding hydrogens is 182 g/mol. The summed E-state index contributed by atoms with van der Waals surface area (Å²) >= 11 is 0. The molecule has 0 aliphatic carbocycles. The van der Waals surface area contributed by atoms with Crippen molar-refractivity contribution in [1.82, 2.24) is 4.98 Å². The van der Waals surface area contributed by atoms with Crippen molar-refractivity contribution in [1.29, 1.82) is 0 Å². The monoisotopic (exact) mass is 199 g/mol. The van der Waals surface area contributed by atoms with Crippen LogP contribution in [0.15, 0.2) is 29.8 Å². The minimum absolute atomic E-state index is 1.11. The van der Waals surface area contributed by atoms with Crippen molar-refractivity contribution in [3.8, 4) is 0 Å². The first kappa shape index (κ1) is 10.0. The molecule has 0 fully saturated rings. The number of para-hydroxylation sites is 1. The summed E-state index contributed by atoms with van der Waals surface area (Å²) in [5.41, 5.74) is 5.24. The Balaban J connectivity index is 2.64. The van der Waals surface area contributed by atoms with Gasteiger partial charge in [-0.15, -0.1) is 0 Å². The second-order valence-electron chi connectivity index (χ2n) is 4.05. The number of nitrogens with one attached hydrogen (secondary N) is 1. The van der Waals surface area contributed by atoms with E-state index >= 15 is 0 Å². The van der Waals surface area contributed by atoms with Crippen molar-refractivity contribution in [2.45, 2.75) is 27.2 Å². The van der Waals surface area contributed by atoms with Crippen LogP contribution in [0.5, 0.6) is 0 Å². The highest BCUT2D eigenvalue weighted by molar-refractivity contribution is 5.90. The molecule has 2 rings (SSSR count). The largest absolute Gasteiger partial charge is 0.358 e. The Hall–Kier alpha value is -1.50. The van der Waals surface area contributed by atoms with Crippen molar-refractivity contribution >= 4 is 17.0 Å². The van der Waals surface area contributed by atoms with Gasteiger partial charge in [-0.2, -0.15) is 0 Å². The Morgan fingerprint density at radius 1 is 1.33 bits per heavy atom. The maximum Gasteiger partial charge on any atom is 0.0462 e. The fourth-order valence-electron chi connectivity index (χ4n) is 1.83. The number of aromatic nitrogens is 1. The van der Waals surface area contributed by atoms with Crippen LogP contribution >= 0.6 is 0 Å². The van der Waals surface area contributed by atoms with Crippen LogP contribution < -0.4 is 0 Å². The summed E-state index contributed by atoms with van der Waals surface area (Å²) in [5, 5.41) is 1.32. The molecule has 0 saturated carbocycles. The van der Waals surface area contributed by atoms with Crippen LogP contribution in [0.3, 0.4) is 0 Å². The van der Waals surface area contributed by atoms with Crippen LogP contribution in [0.25, 0.3) is 17.0 Å². The topological polar surface area (TPSA) is 15.8 Å². The van der Waals surface area contributed by atoms with Gasteiger partial charge < -0.3 is 4.98 Å². The third-order valence-corrected chi connectivity index (χ3v) is 2.89. The van der Waals surface area contributed by atoms with Gasteiger partial charge in [-0.05, 0) is 26.3 Å². The molecule has 1 heteroatoms. The zero-order chi connectivity index (χ0) is 10.8. The number of allylic oxidation sites excluding steroid dienone is 1. The maximum absolute atomic E-state index is 3.41. The lowest BCUT2D eigenvalue weighted by Crippen LogP contribution is -1.77. The minimum atomic E-state index is 1.11. The second-order valence-corrected chi connectivity index (χ2v) is 4.05. The predicted molar refractivity (Wildman–Crippen MR) is 67.0 cm³/mol. The van der Waals surface area contributed by atoms with Gasteiger partial charge in [0.25, 0.3) is 0 Å². The lowest BCUT2D eigenvalue weighted by Gasteiger charge is -1.97. The fraction of sp³-hybridized carbons (Fsp3) is 0.286. The molecule has 0 aliphatic rings. The van der Waals surface area contributed by atoms with Crippen LogP contribution in [0, 0.1) is 6.92 Å². The number of hydrogen-bond acceptors (Lipinski definition) is 0. The first-order valence-electron chi connectivity index (χ1n) is 5.47. The summed E-state index contributed by atoms with van der Waals surface area (Å²) in [6, 6.07) is 8.46. The van der Waals surface area contributed by atoms with E-state index in [9.17, 15) is 0 Å². The van der Waals surface area contributed by atoms with E-state index in [1.807, 2.05) is 0 Å². The molecule has 0 atom stereocenters. The number of hydrogen-bond donors (Lipinski definition) is 1. The average molecular weight is 199 g/mol. The molecule has 1 N–H and O–H groups in total. The minimum Gasteiger partial charge on any atom is -0.358 e. The summed E-state index contributed by atoms with van der Waals surface area (Å²) in [5.74, 6) is 0. The van der Waals surface area contributed by atoms with Gasteiger partial charge >= 0.3 is 0 Å². The zero-order valence-corrected chi connectivity index (χ0v) is 9.59. The van der Waals surface area contributed by atoms with E-state index in [-0.39, 0.29) is 0 Å². The fourth-order valence-corrected chi connectivity index (χ4v) is 1.83. The normalized spacial score (nSPS) is 12.3. The van der Waals surface area contributed by atoms with Crippen molar-refractivity contribution in [3.05, 3.63) is 41.1 Å². The number of benzene rings is 1.